The van der Waals surface area contributed by atoms with E-state index in [1.54, 1.807) is 0 Å². The summed E-state index contributed by atoms with van der Waals surface area (Å²) < 4.78 is 1.37. The summed E-state index contributed by atoms with van der Waals surface area (Å²) in [7, 11) is 0. The van der Waals surface area contributed by atoms with Crippen LogP contribution < -0.4 is 5.32 Å². The van der Waals surface area contributed by atoms with Gasteiger partial charge >= 0.3 is 5.82 Å². The molecule has 0 aliphatic rings. The predicted molar refractivity (Wildman–Crippen MR) is 62.6 cm³/mol. The minimum Gasteiger partial charge on any atom is -0.390 e. The van der Waals surface area contributed by atoms with Crippen molar-refractivity contribution >= 4 is 5.82 Å². The van der Waals surface area contributed by atoms with Crippen molar-refractivity contribution in [3.05, 3.63) is 22.4 Å². The molecular formula is C10H18N4O3. The van der Waals surface area contributed by atoms with Crippen LogP contribution in [0.2, 0.25) is 0 Å². The fourth-order valence-corrected chi connectivity index (χ4v) is 1.37. The first-order valence-corrected chi connectivity index (χ1v) is 5.55. The van der Waals surface area contributed by atoms with Gasteiger partial charge in [-0.3, -0.25) is 0 Å². The molecule has 1 aromatic rings. The molecule has 0 saturated heterocycles. The number of nitrogens with one attached hydrogen (secondary N) is 1. The average Bonchev–Trinajstić information content (AvgIpc) is 2.65. The lowest BCUT2D eigenvalue weighted by Gasteiger charge is -2.11. The van der Waals surface area contributed by atoms with E-state index in [0.717, 1.165) is 6.54 Å². The molecular weight excluding hydrogens is 224 g/mol. The highest BCUT2D eigenvalue weighted by atomic mass is 16.6. The molecule has 0 saturated carbocycles. The second-order valence-electron chi connectivity index (χ2n) is 4.36. The van der Waals surface area contributed by atoms with Crippen molar-refractivity contribution in [1.29, 1.82) is 0 Å². The van der Waals surface area contributed by atoms with E-state index in [1.807, 2.05) is 0 Å². The molecule has 1 unspecified atom stereocenters. The zero-order valence-electron chi connectivity index (χ0n) is 10.0. The zero-order chi connectivity index (χ0) is 12.8. The van der Waals surface area contributed by atoms with Crippen LogP contribution in [0.5, 0.6) is 0 Å². The van der Waals surface area contributed by atoms with E-state index in [9.17, 15) is 15.2 Å². The SMILES string of the molecule is CC(C)CNCC(O)Cn1ccc([N+](=O)[O-])n1. The van der Waals surface area contributed by atoms with E-state index in [2.05, 4.69) is 24.3 Å². The number of aliphatic hydroxyl groups excluding tert-OH is 1. The third kappa shape index (κ3) is 4.92. The van der Waals surface area contributed by atoms with Gasteiger partial charge in [-0.05, 0) is 17.4 Å². The molecule has 0 amide bonds. The molecule has 1 atom stereocenters. The van der Waals surface area contributed by atoms with Crippen molar-refractivity contribution < 1.29 is 10.0 Å². The molecule has 0 bridgehead atoms. The predicted octanol–water partition coefficient (Wildman–Crippen LogP) is 0.398. The maximum Gasteiger partial charge on any atom is 0.389 e. The molecule has 17 heavy (non-hydrogen) atoms. The van der Waals surface area contributed by atoms with Crippen LogP contribution in [0.4, 0.5) is 5.82 Å². The Morgan fingerprint density at radius 2 is 2.29 bits per heavy atom. The highest BCUT2D eigenvalue weighted by molar-refractivity contribution is 5.13. The monoisotopic (exact) mass is 242 g/mol. The molecule has 96 valence electrons. The molecule has 1 heterocycles. The van der Waals surface area contributed by atoms with E-state index in [0.29, 0.717) is 12.5 Å². The summed E-state index contributed by atoms with van der Waals surface area (Å²) in [6.45, 7) is 5.69. The summed E-state index contributed by atoms with van der Waals surface area (Å²) in [5, 5.41) is 26.9. The van der Waals surface area contributed by atoms with Gasteiger partial charge in [0, 0.05) is 6.54 Å². The van der Waals surface area contributed by atoms with Crippen LogP contribution in [0.25, 0.3) is 0 Å². The lowest BCUT2D eigenvalue weighted by molar-refractivity contribution is -0.389. The van der Waals surface area contributed by atoms with E-state index in [-0.39, 0.29) is 12.4 Å². The lowest BCUT2D eigenvalue weighted by atomic mass is 10.2. The Labute approximate surface area is 99.6 Å². The highest BCUT2D eigenvalue weighted by Gasteiger charge is 2.13. The summed E-state index contributed by atoms with van der Waals surface area (Å²) in [4.78, 5) is 9.85. The molecule has 2 N–H and O–H groups in total. The van der Waals surface area contributed by atoms with Crippen molar-refractivity contribution in [2.75, 3.05) is 13.1 Å². The van der Waals surface area contributed by atoms with Crippen LogP contribution >= 0.6 is 0 Å². The number of nitro groups is 1. The van der Waals surface area contributed by atoms with Gasteiger partial charge in [-0.1, -0.05) is 13.8 Å². The quantitative estimate of drug-likeness (QED) is 0.533. The van der Waals surface area contributed by atoms with Gasteiger partial charge in [-0.15, -0.1) is 0 Å². The Morgan fingerprint density at radius 1 is 1.59 bits per heavy atom. The summed E-state index contributed by atoms with van der Waals surface area (Å²) >= 11 is 0. The molecule has 0 aliphatic heterocycles. The summed E-state index contributed by atoms with van der Waals surface area (Å²) in [5.41, 5.74) is 0. The van der Waals surface area contributed by atoms with Crippen LogP contribution in [0.15, 0.2) is 12.3 Å². The van der Waals surface area contributed by atoms with Gasteiger partial charge in [-0.25, -0.2) is 0 Å². The second kappa shape index (κ2) is 6.31. The van der Waals surface area contributed by atoms with Crippen LogP contribution in [0.1, 0.15) is 13.8 Å². The first-order valence-electron chi connectivity index (χ1n) is 5.55. The second-order valence-corrected chi connectivity index (χ2v) is 4.36. The number of nitrogens with zero attached hydrogens (tertiary/aromatic N) is 3. The molecule has 0 spiro atoms. The van der Waals surface area contributed by atoms with Gasteiger partial charge in [0.15, 0.2) is 0 Å². The van der Waals surface area contributed by atoms with E-state index in [1.165, 1.54) is 16.9 Å². The Morgan fingerprint density at radius 3 is 2.82 bits per heavy atom. The fraction of sp³-hybridized carbons (Fsp3) is 0.700. The number of hydrogen-bond donors (Lipinski definition) is 2. The normalized spacial score (nSPS) is 12.9. The lowest BCUT2D eigenvalue weighted by Crippen LogP contribution is -2.32. The smallest absolute Gasteiger partial charge is 0.389 e. The van der Waals surface area contributed by atoms with Gasteiger partial charge in [0.25, 0.3) is 0 Å². The van der Waals surface area contributed by atoms with Gasteiger partial charge in [0.1, 0.15) is 0 Å². The molecule has 1 aromatic heterocycles. The third-order valence-electron chi connectivity index (χ3n) is 2.14. The molecule has 0 aromatic carbocycles. The van der Waals surface area contributed by atoms with E-state index >= 15 is 0 Å². The van der Waals surface area contributed by atoms with Crippen LogP contribution in [0.3, 0.4) is 0 Å². The summed E-state index contributed by atoms with van der Waals surface area (Å²) in [6, 6.07) is 1.31. The molecule has 7 heteroatoms. The van der Waals surface area contributed by atoms with Gasteiger partial charge in [-0.2, -0.15) is 4.68 Å². The number of hydrogen-bond acceptors (Lipinski definition) is 5. The van der Waals surface area contributed by atoms with Crippen LogP contribution in [-0.2, 0) is 6.54 Å². The van der Waals surface area contributed by atoms with Crippen LogP contribution in [-0.4, -0.2) is 39.0 Å². The standard InChI is InChI=1S/C10H18N4O3/c1-8(2)5-11-6-9(15)7-13-4-3-10(12-13)14(16)17/h3-4,8-9,11,15H,5-7H2,1-2H3. The minimum atomic E-state index is -0.603. The van der Waals surface area contributed by atoms with Crippen molar-refractivity contribution in [1.82, 2.24) is 15.1 Å². The molecule has 0 aliphatic carbocycles. The van der Waals surface area contributed by atoms with Crippen molar-refractivity contribution in [3.8, 4) is 0 Å². The number of aliphatic hydroxyl groups is 1. The Hall–Kier alpha value is -1.47. The van der Waals surface area contributed by atoms with Crippen molar-refractivity contribution in [2.45, 2.75) is 26.5 Å². The largest absolute Gasteiger partial charge is 0.390 e. The van der Waals surface area contributed by atoms with E-state index < -0.39 is 11.0 Å². The average molecular weight is 242 g/mol. The number of aromatic nitrogens is 2. The number of rotatable bonds is 7. The van der Waals surface area contributed by atoms with Gasteiger partial charge in [0.05, 0.1) is 30.0 Å². The molecule has 0 radical (unpaired) electrons. The summed E-state index contributed by atoms with van der Waals surface area (Å²) in [6.07, 6.45) is 0.886. The summed E-state index contributed by atoms with van der Waals surface area (Å²) in [5.74, 6) is 0.320. The topological polar surface area (TPSA) is 93.2 Å². The fourth-order valence-electron chi connectivity index (χ4n) is 1.37. The van der Waals surface area contributed by atoms with Gasteiger partial charge < -0.3 is 20.5 Å². The first-order chi connectivity index (χ1) is 7.99. The Bertz CT molecular complexity index is 364. The minimum absolute atomic E-state index is 0.202. The van der Waals surface area contributed by atoms with Crippen LogP contribution in [0, 0.1) is 16.0 Å². The Kier molecular flexibility index (Phi) is 5.05. The maximum atomic E-state index is 10.4. The van der Waals surface area contributed by atoms with Gasteiger partial charge in [0.2, 0.25) is 0 Å². The molecule has 0 fully saturated rings. The van der Waals surface area contributed by atoms with E-state index in [4.69, 9.17) is 0 Å². The highest BCUT2D eigenvalue weighted by Crippen LogP contribution is 2.05. The maximum absolute atomic E-state index is 10.4. The molecule has 7 nitrogen and oxygen atoms in total. The van der Waals surface area contributed by atoms with Crippen molar-refractivity contribution in [3.63, 3.8) is 0 Å². The van der Waals surface area contributed by atoms with Crippen molar-refractivity contribution in [2.24, 2.45) is 5.92 Å². The molecule has 1 rings (SSSR count). The zero-order valence-corrected chi connectivity index (χ0v) is 10.0. The third-order valence-corrected chi connectivity index (χ3v) is 2.14. The first kappa shape index (κ1) is 13.6. The Balaban J connectivity index is 2.34.